The highest BCUT2D eigenvalue weighted by Gasteiger charge is 2.23. The molecule has 0 bridgehead atoms. The van der Waals surface area contributed by atoms with Crippen molar-refractivity contribution < 1.29 is 4.92 Å². The van der Waals surface area contributed by atoms with Crippen LogP contribution in [0.15, 0.2) is 47.2 Å². The molecule has 150 valence electrons. The van der Waals surface area contributed by atoms with E-state index in [0.29, 0.717) is 29.0 Å². The van der Waals surface area contributed by atoms with Gasteiger partial charge in [-0.15, -0.1) is 0 Å². The van der Waals surface area contributed by atoms with Gasteiger partial charge >= 0.3 is 0 Å². The molecule has 2 aromatic carbocycles. The summed E-state index contributed by atoms with van der Waals surface area (Å²) in [4.78, 5) is 22.1. The van der Waals surface area contributed by atoms with Crippen LogP contribution >= 0.6 is 15.9 Å². The van der Waals surface area contributed by atoms with Gasteiger partial charge in [0.05, 0.1) is 10.4 Å². The quantitative estimate of drug-likeness (QED) is 0.433. The third kappa shape index (κ3) is 4.46. The molecule has 9 heteroatoms. The molecule has 1 saturated heterocycles. The van der Waals surface area contributed by atoms with Gasteiger partial charge in [0.15, 0.2) is 0 Å². The Labute approximate surface area is 176 Å². The van der Waals surface area contributed by atoms with Gasteiger partial charge in [-0.05, 0) is 30.2 Å². The molecule has 0 radical (unpaired) electrons. The first-order valence-corrected chi connectivity index (χ1v) is 10.3. The van der Waals surface area contributed by atoms with Crippen LogP contribution in [0.1, 0.15) is 5.56 Å². The number of hydrogen-bond acceptors (Lipinski definition) is 7. The lowest BCUT2D eigenvalue weighted by Crippen LogP contribution is -2.43. The smallest absolute Gasteiger partial charge is 0.293 e. The highest BCUT2D eigenvalue weighted by atomic mass is 79.9. The normalized spacial score (nSPS) is 14.2. The minimum atomic E-state index is -0.324. The zero-order chi connectivity index (χ0) is 20.2. The van der Waals surface area contributed by atoms with Gasteiger partial charge in [0.2, 0.25) is 0 Å². The largest absolute Gasteiger partial charge is 0.369 e. The lowest BCUT2D eigenvalue weighted by atomic mass is 10.1. The van der Waals surface area contributed by atoms with Crippen LogP contribution in [0.5, 0.6) is 0 Å². The molecule has 29 heavy (non-hydrogen) atoms. The summed E-state index contributed by atoms with van der Waals surface area (Å²) in [6, 6.07) is 11.5. The van der Waals surface area contributed by atoms with Gasteiger partial charge < -0.3 is 15.5 Å². The van der Waals surface area contributed by atoms with Crippen LogP contribution in [0, 0.1) is 10.1 Å². The molecule has 1 aliphatic heterocycles. The number of hydrogen-bond donors (Lipinski definition) is 2. The fraction of sp³-hybridized carbons (Fsp3) is 0.300. The number of aromatic nitrogens is 2. The summed E-state index contributed by atoms with van der Waals surface area (Å²) in [6.45, 7) is 3.75. The van der Waals surface area contributed by atoms with E-state index in [0.717, 1.165) is 37.1 Å². The fourth-order valence-corrected chi connectivity index (χ4v) is 3.77. The summed E-state index contributed by atoms with van der Waals surface area (Å²) < 4.78 is 1.05. The summed E-state index contributed by atoms with van der Waals surface area (Å²) in [7, 11) is 0. The molecule has 8 nitrogen and oxygen atoms in total. The lowest BCUT2D eigenvalue weighted by molar-refractivity contribution is -0.384. The highest BCUT2D eigenvalue weighted by molar-refractivity contribution is 9.10. The predicted octanol–water partition coefficient (Wildman–Crippen LogP) is 3.36. The predicted molar refractivity (Wildman–Crippen MR) is 118 cm³/mol. The number of benzene rings is 2. The van der Waals surface area contributed by atoms with Gasteiger partial charge in [0, 0.05) is 48.6 Å². The number of anilines is 2. The average molecular weight is 457 g/mol. The molecule has 0 saturated carbocycles. The average Bonchev–Trinajstić information content (AvgIpc) is 2.75. The van der Waals surface area contributed by atoms with E-state index < -0.39 is 0 Å². The van der Waals surface area contributed by atoms with Crippen molar-refractivity contribution in [2.45, 2.75) is 6.42 Å². The fourth-order valence-electron chi connectivity index (χ4n) is 3.50. The van der Waals surface area contributed by atoms with Gasteiger partial charge in [-0.3, -0.25) is 10.1 Å². The van der Waals surface area contributed by atoms with Crippen LogP contribution in [0.4, 0.5) is 17.2 Å². The van der Waals surface area contributed by atoms with E-state index >= 15 is 0 Å². The number of nitro groups is 1. The summed E-state index contributed by atoms with van der Waals surface area (Å²) in [6.07, 6.45) is 2.32. The van der Waals surface area contributed by atoms with Crippen LogP contribution in [0.2, 0.25) is 0 Å². The van der Waals surface area contributed by atoms with Gasteiger partial charge in [0.1, 0.15) is 17.8 Å². The Morgan fingerprint density at radius 2 is 1.93 bits per heavy atom. The maximum atomic E-state index is 11.7. The molecule has 0 spiro atoms. The number of nitrogens with one attached hydrogen (secondary N) is 2. The summed E-state index contributed by atoms with van der Waals surface area (Å²) in [5.41, 5.74) is 2.60. The first-order valence-electron chi connectivity index (χ1n) is 9.49. The number of halogens is 1. The van der Waals surface area contributed by atoms with Crippen molar-refractivity contribution in [1.82, 2.24) is 15.3 Å². The maximum Gasteiger partial charge on any atom is 0.293 e. The monoisotopic (exact) mass is 456 g/mol. The first-order chi connectivity index (χ1) is 14.1. The zero-order valence-corrected chi connectivity index (χ0v) is 17.4. The molecule has 1 aliphatic rings. The number of fused-ring (bicyclic) bond motifs is 1. The molecule has 3 aromatic rings. The molecule has 0 aliphatic carbocycles. The Hall–Kier alpha value is -2.78. The Morgan fingerprint density at radius 3 is 2.66 bits per heavy atom. The van der Waals surface area contributed by atoms with Gasteiger partial charge in [-0.25, -0.2) is 9.97 Å². The Morgan fingerprint density at radius 1 is 1.17 bits per heavy atom. The van der Waals surface area contributed by atoms with Gasteiger partial charge in [-0.2, -0.15) is 0 Å². The van der Waals surface area contributed by atoms with Gasteiger partial charge in [0.25, 0.3) is 5.69 Å². The van der Waals surface area contributed by atoms with E-state index in [1.165, 1.54) is 11.9 Å². The highest BCUT2D eigenvalue weighted by Crippen LogP contribution is 2.34. The van der Waals surface area contributed by atoms with Crippen LogP contribution < -0.4 is 15.5 Å². The van der Waals surface area contributed by atoms with E-state index in [4.69, 9.17) is 0 Å². The minimum absolute atomic E-state index is 0.0881. The Balaban J connectivity index is 1.60. The Bertz CT molecular complexity index is 1020. The third-order valence-corrected chi connectivity index (χ3v) is 5.53. The summed E-state index contributed by atoms with van der Waals surface area (Å²) in [5, 5.41) is 19.0. The van der Waals surface area contributed by atoms with Crippen LogP contribution in [-0.2, 0) is 6.42 Å². The number of nitro benzene ring substituents is 1. The van der Waals surface area contributed by atoms with E-state index in [1.807, 2.05) is 17.0 Å². The molecule has 0 amide bonds. The van der Waals surface area contributed by atoms with Crippen molar-refractivity contribution in [3.63, 3.8) is 0 Å². The molecular weight excluding hydrogens is 436 g/mol. The molecular formula is C20H21BrN6O2. The van der Waals surface area contributed by atoms with E-state index in [9.17, 15) is 10.1 Å². The SMILES string of the molecule is O=[N+]([O-])c1cc2c(NCCc3ccc(Br)cc3)ncnc2cc1N1CCNCC1. The number of piperazine rings is 1. The van der Waals surface area contributed by atoms with Crippen molar-refractivity contribution in [3.05, 3.63) is 62.9 Å². The van der Waals surface area contributed by atoms with Crippen molar-refractivity contribution in [3.8, 4) is 0 Å². The molecule has 1 fully saturated rings. The van der Waals surface area contributed by atoms with E-state index in [-0.39, 0.29) is 10.6 Å². The molecule has 4 rings (SSSR count). The van der Waals surface area contributed by atoms with Crippen molar-refractivity contribution in [2.75, 3.05) is 42.9 Å². The lowest BCUT2D eigenvalue weighted by Gasteiger charge is -2.29. The molecule has 1 aromatic heterocycles. The van der Waals surface area contributed by atoms with Crippen molar-refractivity contribution in [1.29, 1.82) is 0 Å². The van der Waals surface area contributed by atoms with Crippen LogP contribution in [0.25, 0.3) is 10.9 Å². The second-order valence-electron chi connectivity index (χ2n) is 6.88. The summed E-state index contributed by atoms with van der Waals surface area (Å²) in [5.74, 6) is 0.613. The second kappa shape index (κ2) is 8.71. The topological polar surface area (TPSA) is 96.2 Å². The third-order valence-electron chi connectivity index (χ3n) is 5.01. The second-order valence-corrected chi connectivity index (χ2v) is 7.79. The summed E-state index contributed by atoms with van der Waals surface area (Å²) >= 11 is 3.44. The van der Waals surface area contributed by atoms with Crippen molar-refractivity contribution >= 4 is 44.0 Å². The minimum Gasteiger partial charge on any atom is -0.369 e. The number of nitrogens with zero attached hydrogens (tertiary/aromatic N) is 4. The standard InChI is InChI=1S/C20H21BrN6O2/c21-15-3-1-14(2-4-15)5-6-23-20-16-11-19(27(28)29)18(12-17(16)24-13-25-20)26-9-7-22-8-10-26/h1-4,11-13,22H,5-10H2,(H,23,24,25). The maximum absolute atomic E-state index is 11.7. The molecule has 0 atom stereocenters. The van der Waals surface area contributed by atoms with Crippen LogP contribution in [0.3, 0.4) is 0 Å². The van der Waals surface area contributed by atoms with Crippen molar-refractivity contribution in [2.24, 2.45) is 0 Å². The van der Waals surface area contributed by atoms with E-state index in [2.05, 4.69) is 48.7 Å². The molecule has 2 N–H and O–H groups in total. The Kier molecular flexibility index (Phi) is 5.86. The van der Waals surface area contributed by atoms with Gasteiger partial charge in [-0.1, -0.05) is 28.1 Å². The zero-order valence-electron chi connectivity index (χ0n) is 15.8. The molecule has 2 heterocycles. The van der Waals surface area contributed by atoms with Crippen LogP contribution in [-0.4, -0.2) is 47.6 Å². The number of rotatable bonds is 6. The first kappa shape index (κ1) is 19.5. The van der Waals surface area contributed by atoms with E-state index in [1.54, 1.807) is 12.1 Å². The molecule has 0 unspecified atom stereocenters.